The van der Waals surface area contributed by atoms with Crippen molar-refractivity contribution in [2.75, 3.05) is 13.2 Å². The number of carbonyl (C=O) groups is 1. The van der Waals surface area contributed by atoms with Crippen LogP contribution in [0.5, 0.6) is 11.5 Å². The van der Waals surface area contributed by atoms with Crippen molar-refractivity contribution in [1.82, 2.24) is 0 Å². The van der Waals surface area contributed by atoms with Gasteiger partial charge < -0.3 is 14.6 Å². The number of carboxylic acid groups (broad SMARTS) is 1. The standard InChI is InChI=1S/C15H17ClO4/c16-12-10(4-5-11-13(12)20-9-8-19-11)15(14(17)18)6-2-1-3-7-15/h4-5H,1-3,6-9H2,(H,17,18). The monoisotopic (exact) mass is 296 g/mol. The summed E-state index contributed by atoms with van der Waals surface area (Å²) in [7, 11) is 0. The smallest absolute Gasteiger partial charge is 0.314 e. The molecule has 0 aromatic heterocycles. The first kappa shape index (κ1) is 13.6. The molecule has 1 aromatic carbocycles. The molecule has 1 heterocycles. The third-order valence-electron chi connectivity index (χ3n) is 4.28. The average molecular weight is 297 g/mol. The van der Waals surface area contributed by atoms with Crippen molar-refractivity contribution in [2.24, 2.45) is 0 Å². The number of rotatable bonds is 2. The van der Waals surface area contributed by atoms with Gasteiger partial charge in [0.25, 0.3) is 0 Å². The van der Waals surface area contributed by atoms with Gasteiger partial charge in [-0.1, -0.05) is 36.9 Å². The number of hydrogen-bond donors (Lipinski definition) is 1. The van der Waals surface area contributed by atoms with Gasteiger partial charge in [-0.15, -0.1) is 0 Å². The molecule has 1 fully saturated rings. The van der Waals surface area contributed by atoms with E-state index in [4.69, 9.17) is 21.1 Å². The van der Waals surface area contributed by atoms with Crippen LogP contribution in [0.1, 0.15) is 37.7 Å². The molecule has 0 unspecified atom stereocenters. The van der Waals surface area contributed by atoms with E-state index < -0.39 is 11.4 Å². The fourth-order valence-electron chi connectivity index (χ4n) is 3.21. The van der Waals surface area contributed by atoms with Crippen molar-refractivity contribution in [3.63, 3.8) is 0 Å². The van der Waals surface area contributed by atoms with Crippen LogP contribution in [0.4, 0.5) is 0 Å². The Kier molecular flexibility index (Phi) is 3.50. The maximum atomic E-state index is 11.9. The highest BCUT2D eigenvalue weighted by Gasteiger charge is 2.43. The fraction of sp³-hybridized carbons (Fsp3) is 0.533. The van der Waals surface area contributed by atoms with Gasteiger partial charge in [0, 0.05) is 0 Å². The third kappa shape index (κ3) is 2.03. The zero-order valence-electron chi connectivity index (χ0n) is 11.2. The van der Waals surface area contributed by atoms with E-state index in [1.54, 1.807) is 12.1 Å². The molecule has 1 aromatic rings. The second-order valence-electron chi connectivity index (χ2n) is 5.40. The van der Waals surface area contributed by atoms with Gasteiger partial charge in [-0.3, -0.25) is 4.79 Å². The minimum Gasteiger partial charge on any atom is -0.486 e. The van der Waals surface area contributed by atoms with E-state index >= 15 is 0 Å². The highest BCUT2D eigenvalue weighted by molar-refractivity contribution is 6.33. The van der Waals surface area contributed by atoms with Crippen LogP contribution in [0.2, 0.25) is 5.02 Å². The summed E-state index contributed by atoms with van der Waals surface area (Å²) in [5.74, 6) is 0.291. The Morgan fingerprint density at radius 1 is 1.15 bits per heavy atom. The van der Waals surface area contributed by atoms with E-state index in [0.717, 1.165) is 19.3 Å². The molecule has 108 valence electrons. The molecule has 3 rings (SSSR count). The van der Waals surface area contributed by atoms with Crippen molar-refractivity contribution >= 4 is 17.6 Å². The summed E-state index contributed by atoms with van der Waals surface area (Å²) in [5.41, 5.74) is -0.221. The number of carboxylic acids is 1. The normalized spacial score (nSPS) is 20.4. The third-order valence-corrected chi connectivity index (χ3v) is 4.66. The molecule has 0 saturated heterocycles. The lowest BCUT2D eigenvalue weighted by molar-refractivity contribution is -0.145. The van der Waals surface area contributed by atoms with Gasteiger partial charge in [-0.2, -0.15) is 0 Å². The van der Waals surface area contributed by atoms with Gasteiger partial charge in [-0.25, -0.2) is 0 Å². The highest BCUT2D eigenvalue weighted by Crippen LogP contribution is 2.48. The maximum absolute atomic E-state index is 11.9. The molecular formula is C15H17ClO4. The number of benzene rings is 1. The van der Waals surface area contributed by atoms with E-state index in [2.05, 4.69) is 0 Å². The summed E-state index contributed by atoms with van der Waals surface area (Å²) in [6, 6.07) is 3.56. The van der Waals surface area contributed by atoms with E-state index in [1.807, 2.05) is 0 Å². The van der Waals surface area contributed by atoms with Crippen LogP contribution in [0.25, 0.3) is 0 Å². The SMILES string of the molecule is O=C(O)C1(c2ccc3c(c2Cl)OCCO3)CCCCC1. The predicted molar refractivity (Wildman–Crippen MR) is 74.8 cm³/mol. The topological polar surface area (TPSA) is 55.8 Å². The second kappa shape index (κ2) is 5.17. The van der Waals surface area contributed by atoms with E-state index in [-0.39, 0.29) is 0 Å². The zero-order chi connectivity index (χ0) is 14.2. The Labute approximate surface area is 122 Å². The van der Waals surface area contributed by atoms with Crippen LogP contribution in [-0.2, 0) is 10.2 Å². The molecular weight excluding hydrogens is 280 g/mol. The summed E-state index contributed by atoms with van der Waals surface area (Å²) < 4.78 is 11.0. The van der Waals surface area contributed by atoms with Crippen LogP contribution in [0, 0.1) is 0 Å². The molecule has 20 heavy (non-hydrogen) atoms. The van der Waals surface area contributed by atoms with E-state index in [0.29, 0.717) is 48.1 Å². The van der Waals surface area contributed by atoms with Crippen LogP contribution in [0.3, 0.4) is 0 Å². The van der Waals surface area contributed by atoms with Crippen molar-refractivity contribution in [2.45, 2.75) is 37.5 Å². The Bertz CT molecular complexity index is 535. The fourth-order valence-corrected chi connectivity index (χ4v) is 3.60. The molecule has 1 saturated carbocycles. The van der Waals surface area contributed by atoms with Gasteiger partial charge in [0.2, 0.25) is 0 Å². The molecule has 0 spiro atoms. The maximum Gasteiger partial charge on any atom is 0.314 e. The molecule has 0 atom stereocenters. The van der Waals surface area contributed by atoms with E-state index in [1.165, 1.54) is 0 Å². The summed E-state index contributed by atoms with van der Waals surface area (Å²) in [6.45, 7) is 0.934. The van der Waals surface area contributed by atoms with E-state index in [9.17, 15) is 9.90 Å². The Morgan fingerprint density at radius 2 is 1.85 bits per heavy atom. The summed E-state index contributed by atoms with van der Waals surface area (Å²) in [5, 5.41) is 10.1. The quantitative estimate of drug-likeness (QED) is 0.909. The van der Waals surface area contributed by atoms with Crippen molar-refractivity contribution in [3.8, 4) is 11.5 Å². The highest BCUT2D eigenvalue weighted by atomic mass is 35.5. The Balaban J connectivity index is 2.10. The molecule has 5 heteroatoms. The molecule has 1 aliphatic carbocycles. The number of hydrogen-bond acceptors (Lipinski definition) is 3. The Hall–Kier alpha value is -1.42. The lowest BCUT2D eigenvalue weighted by Gasteiger charge is -2.35. The first-order valence-corrected chi connectivity index (χ1v) is 7.35. The average Bonchev–Trinajstić information content (AvgIpc) is 2.48. The van der Waals surface area contributed by atoms with Crippen molar-refractivity contribution < 1.29 is 19.4 Å². The summed E-state index contributed by atoms with van der Waals surface area (Å²) in [4.78, 5) is 11.9. The molecule has 0 amide bonds. The molecule has 1 N–H and O–H groups in total. The lowest BCUT2D eigenvalue weighted by Crippen LogP contribution is -2.38. The Morgan fingerprint density at radius 3 is 2.55 bits per heavy atom. The van der Waals surface area contributed by atoms with Crippen molar-refractivity contribution in [3.05, 3.63) is 22.7 Å². The molecule has 4 nitrogen and oxygen atoms in total. The van der Waals surface area contributed by atoms with Gasteiger partial charge >= 0.3 is 5.97 Å². The number of halogens is 1. The van der Waals surface area contributed by atoms with Crippen LogP contribution in [-0.4, -0.2) is 24.3 Å². The predicted octanol–water partition coefficient (Wildman–Crippen LogP) is 3.40. The van der Waals surface area contributed by atoms with Gasteiger partial charge in [0.15, 0.2) is 11.5 Å². The second-order valence-corrected chi connectivity index (χ2v) is 5.78. The minimum absolute atomic E-state index is 0.395. The number of aliphatic carboxylic acids is 1. The van der Waals surface area contributed by atoms with Gasteiger partial charge in [-0.05, 0) is 24.5 Å². The minimum atomic E-state index is -0.884. The molecule has 0 radical (unpaired) electrons. The summed E-state index contributed by atoms with van der Waals surface area (Å²) >= 11 is 6.43. The van der Waals surface area contributed by atoms with Crippen molar-refractivity contribution in [1.29, 1.82) is 0 Å². The van der Waals surface area contributed by atoms with Crippen LogP contribution >= 0.6 is 11.6 Å². The summed E-state index contributed by atoms with van der Waals surface area (Å²) in [6.07, 6.45) is 4.16. The van der Waals surface area contributed by atoms with Crippen LogP contribution in [0.15, 0.2) is 12.1 Å². The molecule has 2 aliphatic rings. The van der Waals surface area contributed by atoms with Gasteiger partial charge in [0.1, 0.15) is 13.2 Å². The largest absolute Gasteiger partial charge is 0.486 e. The molecule has 0 bridgehead atoms. The number of fused-ring (bicyclic) bond motifs is 1. The first-order chi connectivity index (χ1) is 9.65. The molecule has 1 aliphatic heterocycles. The lowest BCUT2D eigenvalue weighted by atomic mass is 9.69. The number of ether oxygens (including phenoxy) is 2. The zero-order valence-corrected chi connectivity index (χ0v) is 11.9. The van der Waals surface area contributed by atoms with Gasteiger partial charge in [0.05, 0.1) is 10.4 Å². The van der Waals surface area contributed by atoms with Crippen LogP contribution < -0.4 is 9.47 Å². The first-order valence-electron chi connectivity index (χ1n) is 6.97.